The Bertz CT molecular complexity index is 664. The van der Waals surface area contributed by atoms with E-state index in [9.17, 15) is 4.79 Å². The minimum atomic E-state index is -0.0108. The Balaban J connectivity index is 1.70. The molecule has 2 aromatic rings. The van der Waals surface area contributed by atoms with Gasteiger partial charge < -0.3 is 9.80 Å². The fraction of sp³-hybridized carbons (Fsp3) is 0.375. The number of halogens is 1. The van der Waals surface area contributed by atoms with Crippen molar-refractivity contribution < 1.29 is 4.79 Å². The van der Waals surface area contributed by atoms with Crippen LogP contribution in [0.15, 0.2) is 36.8 Å². The van der Waals surface area contributed by atoms with E-state index in [1.807, 2.05) is 24.0 Å². The highest BCUT2D eigenvalue weighted by atomic mass is 35.5. The van der Waals surface area contributed by atoms with E-state index in [-0.39, 0.29) is 17.8 Å². The van der Waals surface area contributed by atoms with Crippen LogP contribution in [-0.4, -0.2) is 57.3 Å². The summed E-state index contributed by atoms with van der Waals surface area (Å²) in [7, 11) is 0. The number of anilines is 1. The molecular formula is C16H18ClN5O. The molecule has 6 nitrogen and oxygen atoms in total. The highest BCUT2D eigenvalue weighted by Crippen LogP contribution is 2.20. The van der Waals surface area contributed by atoms with Gasteiger partial charge in [0.1, 0.15) is 11.7 Å². The summed E-state index contributed by atoms with van der Waals surface area (Å²) < 4.78 is 0. The van der Waals surface area contributed by atoms with Crippen LogP contribution in [0.25, 0.3) is 11.4 Å². The number of rotatable bonds is 3. The summed E-state index contributed by atoms with van der Waals surface area (Å²) in [6.07, 6.45) is 5.21. The Morgan fingerprint density at radius 1 is 1.26 bits per heavy atom. The molecule has 0 saturated carbocycles. The van der Waals surface area contributed by atoms with Crippen molar-refractivity contribution in [2.24, 2.45) is 0 Å². The van der Waals surface area contributed by atoms with Crippen LogP contribution in [-0.2, 0) is 4.79 Å². The van der Waals surface area contributed by atoms with Gasteiger partial charge in [0.25, 0.3) is 0 Å². The first-order chi connectivity index (χ1) is 11.2. The number of pyridine rings is 1. The summed E-state index contributed by atoms with van der Waals surface area (Å²) in [6, 6.07) is 5.85. The molecule has 0 aliphatic carbocycles. The van der Waals surface area contributed by atoms with E-state index in [0.29, 0.717) is 12.4 Å². The summed E-state index contributed by atoms with van der Waals surface area (Å²) in [5.41, 5.74) is 0.887. The van der Waals surface area contributed by atoms with E-state index >= 15 is 0 Å². The third kappa shape index (κ3) is 3.42. The Labute approximate surface area is 140 Å². The highest BCUT2D eigenvalue weighted by Gasteiger charge is 2.27. The van der Waals surface area contributed by atoms with E-state index in [0.717, 1.165) is 24.5 Å². The normalized spacial score (nSPS) is 18.1. The molecule has 120 valence electrons. The van der Waals surface area contributed by atoms with Gasteiger partial charge >= 0.3 is 0 Å². The number of nitrogens with zero attached hydrogens (tertiary/aromatic N) is 5. The number of amides is 1. The van der Waals surface area contributed by atoms with Crippen LogP contribution in [0.1, 0.15) is 6.92 Å². The first-order valence-corrected chi connectivity index (χ1v) is 8.06. The number of aromatic nitrogens is 3. The predicted octanol–water partition coefficient (Wildman–Crippen LogP) is 1.81. The van der Waals surface area contributed by atoms with E-state index in [1.165, 1.54) is 0 Å². The zero-order chi connectivity index (χ0) is 16.2. The molecule has 0 bridgehead atoms. The fourth-order valence-electron chi connectivity index (χ4n) is 2.77. The van der Waals surface area contributed by atoms with Crippen LogP contribution in [0, 0.1) is 0 Å². The van der Waals surface area contributed by atoms with Gasteiger partial charge in [-0.25, -0.2) is 15.0 Å². The maximum atomic E-state index is 11.8. The Morgan fingerprint density at radius 2 is 2.04 bits per heavy atom. The first kappa shape index (κ1) is 15.7. The lowest BCUT2D eigenvalue weighted by atomic mass is 10.2. The van der Waals surface area contributed by atoms with Gasteiger partial charge in [-0.15, -0.1) is 11.6 Å². The van der Waals surface area contributed by atoms with Gasteiger partial charge in [-0.3, -0.25) is 4.79 Å². The number of carbonyl (C=O) groups excluding carboxylic acids is 1. The topological polar surface area (TPSA) is 62.2 Å². The molecule has 1 atom stereocenters. The molecule has 1 fully saturated rings. The van der Waals surface area contributed by atoms with Crippen molar-refractivity contribution in [2.45, 2.75) is 13.0 Å². The minimum absolute atomic E-state index is 0.0108. The van der Waals surface area contributed by atoms with Gasteiger partial charge in [0.2, 0.25) is 5.91 Å². The Morgan fingerprint density at radius 3 is 2.65 bits per heavy atom. The lowest BCUT2D eigenvalue weighted by Crippen LogP contribution is -2.54. The molecular weight excluding hydrogens is 314 g/mol. The predicted molar refractivity (Wildman–Crippen MR) is 89.4 cm³/mol. The number of carbonyl (C=O) groups is 1. The molecule has 0 radical (unpaired) electrons. The molecule has 1 saturated heterocycles. The Hall–Kier alpha value is -2.21. The average molecular weight is 332 g/mol. The quantitative estimate of drug-likeness (QED) is 0.803. The van der Waals surface area contributed by atoms with Gasteiger partial charge in [0.05, 0.1) is 0 Å². The SMILES string of the molecule is CC1CN(c2ccc(-c3ncccn3)cn2)CCN1C(=O)CCl. The number of alkyl halides is 1. The molecule has 1 amide bonds. The summed E-state index contributed by atoms with van der Waals surface area (Å²) in [5.74, 6) is 1.59. The standard InChI is InChI=1S/C16H18ClN5O/c1-12-11-21(7-8-22(12)15(23)9-17)14-4-3-13(10-20-14)16-18-5-2-6-19-16/h2-6,10,12H,7-9,11H2,1H3. The maximum absolute atomic E-state index is 11.8. The Kier molecular flexibility index (Phi) is 4.71. The highest BCUT2D eigenvalue weighted by molar-refractivity contribution is 6.27. The van der Waals surface area contributed by atoms with Crippen molar-refractivity contribution in [3.8, 4) is 11.4 Å². The first-order valence-electron chi connectivity index (χ1n) is 7.53. The van der Waals surface area contributed by atoms with E-state index in [1.54, 1.807) is 24.7 Å². The van der Waals surface area contributed by atoms with Crippen LogP contribution >= 0.6 is 11.6 Å². The number of piperazine rings is 1. The minimum Gasteiger partial charge on any atom is -0.353 e. The second kappa shape index (κ2) is 6.91. The number of hydrogen-bond donors (Lipinski definition) is 0. The molecule has 1 aliphatic heterocycles. The van der Waals surface area contributed by atoms with Gasteiger partial charge in [0.15, 0.2) is 5.82 Å². The zero-order valence-electron chi connectivity index (χ0n) is 12.9. The molecule has 3 heterocycles. The largest absolute Gasteiger partial charge is 0.353 e. The average Bonchev–Trinajstić information content (AvgIpc) is 2.62. The fourth-order valence-corrected chi connectivity index (χ4v) is 2.92. The second-order valence-corrected chi connectivity index (χ2v) is 5.76. The molecule has 7 heteroatoms. The van der Waals surface area contributed by atoms with Gasteiger partial charge in [-0.1, -0.05) is 0 Å². The van der Waals surface area contributed by atoms with Gasteiger partial charge in [-0.05, 0) is 25.1 Å². The molecule has 0 aromatic carbocycles. The molecule has 1 unspecified atom stereocenters. The van der Waals surface area contributed by atoms with Gasteiger partial charge in [-0.2, -0.15) is 0 Å². The molecule has 0 spiro atoms. The van der Waals surface area contributed by atoms with Crippen molar-refractivity contribution >= 4 is 23.3 Å². The van der Waals surface area contributed by atoms with E-state index in [4.69, 9.17) is 11.6 Å². The lowest BCUT2D eigenvalue weighted by Gasteiger charge is -2.40. The third-order valence-corrected chi connectivity index (χ3v) is 4.19. The molecule has 3 rings (SSSR count). The summed E-state index contributed by atoms with van der Waals surface area (Å²) in [6.45, 7) is 4.19. The van der Waals surface area contributed by atoms with E-state index in [2.05, 4.69) is 19.9 Å². The molecule has 23 heavy (non-hydrogen) atoms. The van der Waals surface area contributed by atoms with Crippen molar-refractivity contribution in [3.05, 3.63) is 36.8 Å². The second-order valence-electron chi connectivity index (χ2n) is 5.49. The third-order valence-electron chi connectivity index (χ3n) is 3.96. The van der Waals surface area contributed by atoms with Crippen molar-refractivity contribution in [1.29, 1.82) is 0 Å². The van der Waals surface area contributed by atoms with Crippen LogP contribution in [0.3, 0.4) is 0 Å². The summed E-state index contributed by atoms with van der Waals surface area (Å²) in [5, 5.41) is 0. The van der Waals surface area contributed by atoms with Crippen LogP contribution < -0.4 is 4.90 Å². The van der Waals surface area contributed by atoms with Crippen molar-refractivity contribution in [3.63, 3.8) is 0 Å². The monoisotopic (exact) mass is 331 g/mol. The van der Waals surface area contributed by atoms with Crippen LogP contribution in [0.2, 0.25) is 0 Å². The molecule has 1 aliphatic rings. The summed E-state index contributed by atoms with van der Waals surface area (Å²) in [4.78, 5) is 28.7. The van der Waals surface area contributed by atoms with Crippen molar-refractivity contribution in [1.82, 2.24) is 19.9 Å². The summed E-state index contributed by atoms with van der Waals surface area (Å²) >= 11 is 5.65. The molecule has 2 aromatic heterocycles. The van der Waals surface area contributed by atoms with Crippen LogP contribution in [0.4, 0.5) is 5.82 Å². The zero-order valence-corrected chi connectivity index (χ0v) is 13.6. The van der Waals surface area contributed by atoms with Gasteiger partial charge in [0, 0.05) is 49.8 Å². The van der Waals surface area contributed by atoms with E-state index < -0.39 is 0 Å². The number of hydrogen-bond acceptors (Lipinski definition) is 5. The lowest BCUT2D eigenvalue weighted by molar-refractivity contribution is -0.130. The maximum Gasteiger partial charge on any atom is 0.237 e. The van der Waals surface area contributed by atoms with Crippen molar-refractivity contribution in [2.75, 3.05) is 30.4 Å². The smallest absolute Gasteiger partial charge is 0.237 e. The molecule has 0 N–H and O–H groups in total. The van der Waals surface area contributed by atoms with Crippen LogP contribution in [0.5, 0.6) is 0 Å².